The van der Waals surface area contributed by atoms with E-state index in [0.29, 0.717) is 16.7 Å². The highest BCUT2D eigenvalue weighted by atomic mass is 16.7. The van der Waals surface area contributed by atoms with Crippen molar-refractivity contribution in [2.24, 2.45) is 28.6 Å². The molecule has 2 aromatic rings. The van der Waals surface area contributed by atoms with Crippen LogP contribution in [0.4, 0.5) is 0 Å². The summed E-state index contributed by atoms with van der Waals surface area (Å²) in [7, 11) is -0.247. The first-order valence-corrected chi connectivity index (χ1v) is 11.2. The number of hydrogen-bond acceptors (Lipinski definition) is 2. The Hall–Kier alpha value is -1.32. The van der Waals surface area contributed by atoms with Crippen LogP contribution < -0.4 is 5.46 Å². The maximum atomic E-state index is 6.89. The molecule has 2 nitrogen and oxygen atoms in total. The lowest BCUT2D eigenvalue weighted by Gasteiger charge is -2.48. The van der Waals surface area contributed by atoms with E-state index >= 15 is 0 Å². The molecule has 1 aliphatic heterocycles. The van der Waals surface area contributed by atoms with Crippen molar-refractivity contribution in [1.82, 2.24) is 0 Å². The number of benzene rings is 2. The van der Waals surface area contributed by atoms with Crippen molar-refractivity contribution in [3.05, 3.63) is 42.5 Å². The Morgan fingerprint density at radius 3 is 2.57 bits per heavy atom. The minimum absolute atomic E-state index is 0.180. The van der Waals surface area contributed by atoms with Gasteiger partial charge in [-0.15, -0.1) is 0 Å². The van der Waals surface area contributed by atoms with Gasteiger partial charge in [0.05, 0.1) is 11.7 Å². The quantitative estimate of drug-likeness (QED) is 0.640. The molecule has 2 bridgehead atoms. The Kier molecular flexibility index (Phi) is 3.40. The molecule has 1 spiro atoms. The SMILES string of the molecule is C[C@@H]1CC[C@H]2C(C)(C)[C@H]3C[C@@]12C[C@@H]1OB(c2cccc4ccccc24)O[C@@]13C. The molecule has 3 heteroatoms. The standard InChI is InChI=1S/C25H31BO2/c1-16-12-13-20-23(2,3)21-14-25(16,20)15-22-24(21,4)28-26(27-22)19-11-7-9-17-8-5-6-10-18(17)19/h5-11,16,20-22H,12-15H2,1-4H3/t16-,20+,21-,22+,24-,25-/m1/s1. The number of hydrogen-bond donors (Lipinski definition) is 0. The lowest BCUT2D eigenvalue weighted by atomic mass is 9.63. The summed E-state index contributed by atoms with van der Waals surface area (Å²) >= 11 is 0. The van der Waals surface area contributed by atoms with E-state index < -0.39 is 0 Å². The van der Waals surface area contributed by atoms with Crippen LogP contribution in [-0.4, -0.2) is 18.8 Å². The third-order valence-electron chi connectivity index (χ3n) is 9.57. The van der Waals surface area contributed by atoms with Gasteiger partial charge in [-0.25, -0.2) is 0 Å². The summed E-state index contributed by atoms with van der Waals surface area (Å²) < 4.78 is 13.7. The number of rotatable bonds is 1. The summed E-state index contributed by atoms with van der Waals surface area (Å²) in [6, 6.07) is 15.1. The van der Waals surface area contributed by atoms with Gasteiger partial charge in [0, 0.05) is 0 Å². The summed E-state index contributed by atoms with van der Waals surface area (Å²) in [5.41, 5.74) is 1.80. The molecular formula is C25H31BO2. The minimum Gasteiger partial charge on any atom is -0.401 e. The fourth-order valence-electron chi connectivity index (χ4n) is 8.16. The Balaban J connectivity index is 1.42. The van der Waals surface area contributed by atoms with Crippen molar-refractivity contribution >= 4 is 23.4 Å². The summed E-state index contributed by atoms with van der Waals surface area (Å²) in [4.78, 5) is 0. The molecule has 4 aliphatic rings. The third-order valence-corrected chi connectivity index (χ3v) is 9.57. The fourth-order valence-corrected chi connectivity index (χ4v) is 8.16. The van der Waals surface area contributed by atoms with Gasteiger partial charge in [-0.1, -0.05) is 63.2 Å². The molecule has 4 fully saturated rings. The van der Waals surface area contributed by atoms with Crippen molar-refractivity contribution in [1.29, 1.82) is 0 Å². The fraction of sp³-hybridized carbons (Fsp3) is 0.600. The van der Waals surface area contributed by atoms with Crippen LogP contribution in [0.5, 0.6) is 0 Å². The Morgan fingerprint density at radius 2 is 1.71 bits per heavy atom. The van der Waals surface area contributed by atoms with E-state index in [9.17, 15) is 0 Å². The molecule has 2 aromatic carbocycles. The molecule has 0 aromatic heterocycles. The first-order chi connectivity index (χ1) is 13.4. The first-order valence-electron chi connectivity index (χ1n) is 11.2. The van der Waals surface area contributed by atoms with Gasteiger partial charge in [0.15, 0.2) is 0 Å². The van der Waals surface area contributed by atoms with Gasteiger partial charge in [-0.05, 0) is 77.4 Å². The van der Waals surface area contributed by atoms with Crippen LogP contribution in [0.25, 0.3) is 10.8 Å². The summed E-state index contributed by atoms with van der Waals surface area (Å²) in [5, 5.41) is 2.52. The highest BCUT2D eigenvalue weighted by Gasteiger charge is 2.73. The molecule has 6 atom stereocenters. The highest BCUT2D eigenvalue weighted by molar-refractivity contribution is 6.65. The largest absolute Gasteiger partial charge is 0.495 e. The predicted octanol–water partition coefficient (Wildman–Crippen LogP) is 5.19. The molecule has 6 rings (SSSR count). The lowest BCUT2D eigenvalue weighted by Crippen LogP contribution is -2.52. The Labute approximate surface area is 169 Å². The molecule has 1 saturated heterocycles. The zero-order valence-corrected chi connectivity index (χ0v) is 17.6. The van der Waals surface area contributed by atoms with E-state index in [1.54, 1.807) is 0 Å². The highest BCUT2D eigenvalue weighted by Crippen LogP contribution is 2.74. The molecule has 146 valence electrons. The zero-order valence-electron chi connectivity index (χ0n) is 17.6. The molecule has 1 heterocycles. The first kappa shape index (κ1) is 17.5. The summed E-state index contributed by atoms with van der Waals surface area (Å²) in [6.07, 6.45) is 5.49. The van der Waals surface area contributed by atoms with E-state index in [1.165, 1.54) is 41.9 Å². The molecule has 28 heavy (non-hydrogen) atoms. The monoisotopic (exact) mass is 374 g/mol. The van der Waals surface area contributed by atoms with Gasteiger partial charge < -0.3 is 9.31 Å². The maximum Gasteiger partial charge on any atom is 0.495 e. The maximum absolute atomic E-state index is 6.89. The molecule has 3 aliphatic carbocycles. The van der Waals surface area contributed by atoms with Gasteiger partial charge in [-0.3, -0.25) is 0 Å². The third kappa shape index (κ3) is 1.98. The van der Waals surface area contributed by atoms with E-state index in [2.05, 4.69) is 70.2 Å². The smallest absolute Gasteiger partial charge is 0.401 e. The van der Waals surface area contributed by atoms with Crippen LogP contribution in [-0.2, 0) is 9.31 Å². The Morgan fingerprint density at radius 1 is 0.929 bits per heavy atom. The van der Waals surface area contributed by atoms with Gasteiger partial charge in [0.25, 0.3) is 0 Å². The van der Waals surface area contributed by atoms with Crippen LogP contribution in [0.2, 0.25) is 0 Å². The van der Waals surface area contributed by atoms with Crippen molar-refractivity contribution in [3.63, 3.8) is 0 Å². The summed E-state index contributed by atoms with van der Waals surface area (Å²) in [5.74, 6) is 2.21. The number of fused-ring (bicyclic) bond motifs is 4. The van der Waals surface area contributed by atoms with Crippen molar-refractivity contribution in [3.8, 4) is 0 Å². The topological polar surface area (TPSA) is 18.5 Å². The van der Waals surface area contributed by atoms with E-state index in [-0.39, 0.29) is 18.8 Å². The van der Waals surface area contributed by atoms with Crippen LogP contribution in [0, 0.1) is 28.6 Å². The average Bonchev–Trinajstić information content (AvgIpc) is 3.25. The second kappa shape index (κ2) is 5.43. The zero-order chi connectivity index (χ0) is 19.3. The van der Waals surface area contributed by atoms with Gasteiger partial charge in [-0.2, -0.15) is 0 Å². The lowest BCUT2D eigenvalue weighted by molar-refractivity contribution is -0.0767. The second-order valence-corrected chi connectivity index (χ2v) is 10.9. The molecular weight excluding hydrogens is 343 g/mol. The second-order valence-electron chi connectivity index (χ2n) is 10.9. The van der Waals surface area contributed by atoms with Crippen LogP contribution in [0.15, 0.2) is 42.5 Å². The van der Waals surface area contributed by atoms with E-state index in [1.807, 2.05) is 0 Å². The van der Waals surface area contributed by atoms with Gasteiger partial charge in [0.1, 0.15) is 0 Å². The van der Waals surface area contributed by atoms with E-state index in [4.69, 9.17) is 9.31 Å². The van der Waals surface area contributed by atoms with Crippen LogP contribution in [0.3, 0.4) is 0 Å². The van der Waals surface area contributed by atoms with Crippen molar-refractivity contribution in [2.45, 2.75) is 65.1 Å². The van der Waals surface area contributed by atoms with Crippen LogP contribution in [0.1, 0.15) is 53.4 Å². The van der Waals surface area contributed by atoms with Crippen LogP contribution >= 0.6 is 0 Å². The minimum atomic E-state index is -0.247. The molecule has 0 N–H and O–H groups in total. The molecule has 0 radical (unpaired) electrons. The van der Waals surface area contributed by atoms with E-state index in [0.717, 1.165) is 11.8 Å². The average molecular weight is 374 g/mol. The summed E-state index contributed by atoms with van der Waals surface area (Å²) in [6.45, 7) is 9.89. The van der Waals surface area contributed by atoms with Gasteiger partial charge >= 0.3 is 7.12 Å². The molecule has 3 saturated carbocycles. The van der Waals surface area contributed by atoms with Crippen molar-refractivity contribution < 1.29 is 9.31 Å². The normalized spacial score (nSPS) is 43.4. The van der Waals surface area contributed by atoms with Gasteiger partial charge in [0.2, 0.25) is 0 Å². The molecule has 0 unspecified atom stereocenters. The molecule has 0 amide bonds. The predicted molar refractivity (Wildman–Crippen MR) is 115 cm³/mol. The van der Waals surface area contributed by atoms with Crippen molar-refractivity contribution in [2.75, 3.05) is 0 Å². The Bertz CT molecular complexity index is 949.